The Labute approximate surface area is 268 Å². The maximum Gasteiger partial charge on any atom is 0.272 e. The first-order chi connectivity index (χ1) is 21.6. The number of benzene rings is 4. The number of methoxy groups -OCH3 is 2. The number of ether oxygens (including phenoxy) is 2. The van der Waals surface area contributed by atoms with Gasteiger partial charge in [-0.2, -0.15) is 0 Å². The number of rotatable bonds is 12. The molecule has 0 saturated heterocycles. The quantitative estimate of drug-likeness (QED) is 0.113. The molecule has 9 heteroatoms. The third-order valence-electron chi connectivity index (χ3n) is 6.86. The van der Waals surface area contributed by atoms with Gasteiger partial charge in [0, 0.05) is 40.0 Å². The molecule has 0 heterocycles. The standard InChI is InChI=1S/C36H37N3O5S/c1-23(2)26-13-11-25(12-14-26)19-33(39-35(41)27-9-7-6-8-10-27)36(42)37-28-15-17-32(18-16-28)45-24(3)34(40)38-29-20-30(43-4)22-31(21-29)44-5/h6-24H,1-5H3,(H,37,42)(H,38,40)(H,39,41)/b33-19-. The highest BCUT2D eigenvalue weighted by molar-refractivity contribution is 8.00. The van der Waals surface area contributed by atoms with Crippen LogP contribution in [-0.2, 0) is 9.59 Å². The summed E-state index contributed by atoms with van der Waals surface area (Å²) >= 11 is 1.38. The van der Waals surface area contributed by atoms with Gasteiger partial charge in [0.25, 0.3) is 11.8 Å². The molecule has 0 spiro atoms. The highest BCUT2D eigenvalue weighted by Crippen LogP contribution is 2.29. The van der Waals surface area contributed by atoms with Crippen LogP contribution in [0.1, 0.15) is 48.2 Å². The zero-order chi connectivity index (χ0) is 32.3. The van der Waals surface area contributed by atoms with Gasteiger partial charge in [0.15, 0.2) is 0 Å². The highest BCUT2D eigenvalue weighted by atomic mass is 32.2. The maximum atomic E-state index is 13.4. The number of carbonyl (C=O) groups is 3. The number of hydrogen-bond acceptors (Lipinski definition) is 6. The molecule has 0 aliphatic heterocycles. The lowest BCUT2D eigenvalue weighted by Crippen LogP contribution is -2.30. The van der Waals surface area contributed by atoms with Crippen molar-refractivity contribution in [2.24, 2.45) is 0 Å². The van der Waals surface area contributed by atoms with Gasteiger partial charge in [0.1, 0.15) is 17.2 Å². The van der Waals surface area contributed by atoms with E-state index in [-0.39, 0.29) is 17.5 Å². The molecule has 232 valence electrons. The lowest BCUT2D eigenvalue weighted by atomic mass is 10.0. The molecule has 0 aromatic heterocycles. The van der Waals surface area contributed by atoms with E-state index in [9.17, 15) is 14.4 Å². The summed E-state index contributed by atoms with van der Waals surface area (Å²) < 4.78 is 10.6. The van der Waals surface area contributed by atoms with Gasteiger partial charge in [-0.25, -0.2) is 0 Å². The minimum Gasteiger partial charge on any atom is -0.497 e. The number of anilines is 2. The second-order valence-corrected chi connectivity index (χ2v) is 11.9. The third-order valence-corrected chi connectivity index (χ3v) is 7.97. The minimum absolute atomic E-state index is 0.110. The average molecular weight is 624 g/mol. The zero-order valence-corrected chi connectivity index (χ0v) is 26.7. The van der Waals surface area contributed by atoms with Crippen molar-refractivity contribution in [2.45, 2.75) is 36.8 Å². The van der Waals surface area contributed by atoms with Crippen LogP contribution in [0.25, 0.3) is 6.08 Å². The van der Waals surface area contributed by atoms with E-state index in [1.807, 2.05) is 49.4 Å². The van der Waals surface area contributed by atoms with Gasteiger partial charge >= 0.3 is 0 Å². The summed E-state index contributed by atoms with van der Waals surface area (Å²) in [7, 11) is 3.10. The fourth-order valence-corrected chi connectivity index (χ4v) is 5.15. The monoisotopic (exact) mass is 623 g/mol. The van der Waals surface area contributed by atoms with Gasteiger partial charge in [0.05, 0.1) is 19.5 Å². The minimum atomic E-state index is -0.464. The number of carbonyl (C=O) groups excluding carboxylic acids is 3. The Hall–Kier alpha value is -5.02. The fourth-order valence-electron chi connectivity index (χ4n) is 4.28. The first-order valence-electron chi connectivity index (χ1n) is 14.4. The average Bonchev–Trinajstić information content (AvgIpc) is 3.05. The SMILES string of the molecule is COc1cc(NC(=O)C(C)Sc2ccc(NC(=O)/C(=C/c3ccc(C(C)C)cc3)NC(=O)c3ccccc3)cc2)cc(OC)c1. The molecule has 0 aliphatic carbocycles. The lowest BCUT2D eigenvalue weighted by Gasteiger charge is -2.14. The first-order valence-corrected chi connectivity index (χ1v) is 15.3. The van der Waals surface area contributed by atoms with Crippen molar-refractivity contribution in [3.05, 3.63) is 119 Å². The maximum absolute atomic E-state index is 13.4. The van der Waals surface area contributed by atoms with Gasteiger partial charge in [-0.1, -0.05) is 56.3 Å². The Kier molecular flexibility index (Phi) is 11.4. The number of thioether (sulfide) groups is 1. The number of nitrogens with one attached hydrogen (secondary N) is 3. The van der Waals surface area contributed by atoms with Crippen LogP contribution < -0.4 is 25.4 Å². The van der Waals surface area contributed by atoms with Gasteiger partial charge in [-0.3, -0.25) is 14.4 Å². The molecule has 4 rings (SSSR count). The van der Waals surface area contributed by atoms with Gasteiger partial charge in [0.2, 0.25) is 5.91 Å². The van der Waals surface area contributed by atoms with Crippen molar-refractivity contribution in [2.75, 3.05) is 24.9 Å². The molecule has 0 saturated carbocycles. The summed E-state index contributed by atoms with van der Waals surface area (Å²) in [4.78, 5) is 40.1. The molecule has 4 aromatic rings. The van der Waals surface area contributed by atoms with Crippen molar-refractivity contribution in [1.29, 1.82) is 0 Å². The Balaban J connectivity index is 1.44. The highest BCUT2D eigenvalue weighted by Gasteiger charge is 2.18. The summed E-state index contributed by atoms with van der Waals surface area (Å²) in [6.07, 6.45) is 1.66. The summed E-state index contributed by atoms with van der Waals surface area (Å²) in [6.45, 7) is 6.04. The second kappa shape index (κ2) is 15.6. The zero-order valence-electron chi connectivity index (χ0n) is 25.9. The first kappa shape index (κ1) is 32.9. The molecule has 1 atom stereocenters. The van der Waals surface area contributed by atoms with E-state index in [4.69, 9.17) is 9.47 Å². The Morgan fingerprint density at radius 1 is 0.733 bits per heavy atom. The van der Waals surface area contributed by atoms with Crippen molar-refractivity contribution in [1.82, 2.24) is 5.32 Å². The van der Waals surface area contributed by atoms with E-state index in [1.165, 1.54) is 17.3 Å². The molecular weight excluding hydrogens is 586 g/mol. The van der Waals surface area contributed by atoms with Crippen molar-refractivity contribution in [3.63, 3.8) is 0 Å². The fraction of sp³-hybridized carbons (Fsp3) is 0.194. The number of amides is 3. The summed E-state index contributed by atoms with van der Waals surface area (Å²) in [5.41, 5.74) is 3.62. The normalized spacial score (nSPS) is 11.8. The van der Waals surface area contributed by atoms with E-state index in [2.05, 4.69) is 29.8 Å². The smallest absolute Gasteiger partial charge is 0.272 e. The van der Waals surface area contributed by atoms with Crippen molar-refractivity contribution < 1.29 is 23.9 Å². The van der Waals surface area contributed by atoms with Crippen LogP contribution in [0.5, 0.6) is 11.5 Å². The molecular formula is C36H37N3O5S. The summed E-state index contributed by atoms with van der Waals surface area (Å²) in [5, 5.41) is 8.13. The van der Waals surface area contributed by atoms with Gasteiger partial charge in [-0.05, 0) is 66.4 Å². The second-order valence-electron chi connectivity index (χ2n) is 10.5. The predicted octanol–water partition coefficient (Wildman–Crippen LogP) is 7.36. The molecule has 45 heavy (non-hydrogen) atoms. The Morgan fingerprint density at radius 2 is 1.36 bits per heavy atom. The Morgan fingerprint density at radius 3 is 1.93 bits per heavy atom. The largest absolute Gasteiger partial charge is 0.497 e. The molecule has 4 aromatic carbocycles. The third kappa shape index (κ3) is 9.48. The number of hydrogen-bond donors (Lipinski definition) is 3. The summed E-state index contributed by atoms with van der Waals surface area (Å²) in [5.74, 6) is 0.488. The van der Waals surface area contributed by atoms with Crippen molar-refractivity contribution in [3.8, 4) is 11.5 Å². The van der Waals surface area contributed by atoms with Crippen LogP contribution in [0, 0.1) is 0 Å². The van der Waals surface area contributed by atoms with E-state index in [0.717, 1.165) is 10.5 Å². The predicted molar refractivity (Wildman–Crippen MR) is 181 cm³/mol. The van der Waals surface area contributed by atoms with E-state index >= 15 is 0 Å². The molecule has 3 N–H and O–H groups in total. The van der Waals surface area contributed by atoms with Crippen LogP contribution in [0.3, 0.4) is 0 Å². The molecule has 3 amide bonds. The van der Waals surface area contributed by atoms with Crippen LogP contribution >= 0.6 is 11.8 Å². The Bertz CT molecular complexity index is 1630. The van der Waals surface area contributed by atoms with E-state index < -0.39 is 11.2 Å². The van der Waals surface area contributed by atoms with E-state index in [1.54, 1.807) is 74.9 Å². The molecule has 8 nitrogen and oxygen atoms in total. The topological polar surface area (TPSA) is 106 Å². The van der Waals surface area contributed by atoms with Gasteiger partial charge in [-0.15, -0.1) is 11.8 Å². The lowest BCUT2D eigenvalue weighted by molar-refractivity contribution is -0.115. The molecule has 0 radical (unpaired) electrons. The molecule has 1 unspecified atom stereocenters. The van der Waals surface area contributed by atoms with Crippen LogP contribution in [0.15, 0.2) is 108 Å². The van der Waals surface area contributed by atoms with Gasteiger partial charge < -0.3 is 25.4 Å². The van der Waals surface area contributed by atoms with Crippen molar-refractivity contribution >= 4 is 46.9 Å². The molecule has 0 aliphatic rings. The van der Waals surface area contributed by atoms with Crippen LogP contribution in [0.2, 0.25) is 0 Å². The summed E-state index contributed by atoms with van der Waals surface area (Å²) in [6, 6.07) is 28.9. The van der Waals surface area contributed by atoms with Crippen LogP contribution in [0.4, 0.5) is 11.4 Å². The van der Waals surface area contributed by atoms with E-state index in [0.29, 0.717) is 34.4 Å². The van der Waals surface area contributed by atoms with Crippen LogP contribution in [-0.4, -0.2) is 37.2 Å². The molecule has 0 fully saturated rings. The molecule has 0 bridgehead atoms.